The molecular weight excluding hydrogens is 508 g/mol. The molecule has 1 saturated carbocycles. The molecule has 1 aromatic heterocycles. The van der Waals surface area contributed by atoms with Gasteiger partial charge in [0, 0.05) is 0 Å². The maximum atomic E-state index is 13.0. The van der Waals surface area contributed by atoms with Crippen LogP contribution in [0.25, 0.3) is 0 Å². The predicted molar refractivity (Wildman–Crippen MR) is 157 cm³/mol. The number of aliphatic carboxylic acids is 1. The van der Waals surface area contributed by atoms with Crippen molar-refractivity contribution in [3.05, 3.63) is 22.1 Å². The monoisotopic (exact) mass is 564 g/mol. The van der Waals surface area contributed by atoms with Crippen molar-refractivity contribution in [3.8, 4) is 0 Å². The Labute approximate surface area is 241 Å². The van der Waals surface area contributed by atoms with Gasteiger partial charge in [0.15, 0.2) is 18.1 Å². The van der Waals surface area contributed by atoms with E-state index in [1.807, 2.05) is 13.8 Å². The van der Waals surface area contributed by atoms with E-state index in [0.29, 0.717) is 12.2 Å². The van der Waals surface area contributed by atoms with Crippen LogP contribution < -0.4 is 5.82 Å². The molecule has 40 heavy (non-hydrogen) atoms. The first-order chi connectivity index (χ1) is 18.3. The normalized spacial score (nSPS) is 24.4. The summed E-state index contributed by atoms with van der Waals surface area (Å²) >= 11 is 0. The van der Waals surface area contributed by atoms with E-state index in [-0.39, 0.29) is 45.9 Å². The molecule has 0 bridgehead atoms. The van der Waals surface area contributed by atoms with Crippen molar-refractivity contribution in [2.45, 2.75) is 146 Å². The molecule has 0 unspecified atom stereocenters. The van der Waals surface area contributed by atoms with Crippen LogP contribution in [0.3, 0.4) is 0 Å². The van der Waals surface area contributed by atoms with Gasteiger partial charge in [-0.15, -0.1) is 0 Å². The lowest BCUT2D eigenvalue weighted by Gasteiger charge is -2.48. The maximum Gasteiger partial charge on any atom is 0.519 e. The fraction of sp³-hybridized carbons (Fsp3) is 0.848. The fourth-order valence-electron chi connectivity index (χ4n) is 6.68. The van der Waals surface area contributed by atoms with Crippen molar-refractivity contribution in [2.75, 3.05) is 0 Å². The quantitative estimate of drug-likeness (QED) is 0.212. The van der Waals surface area contributed by atoms with E-state index < -0.39 is 17.2 Å². The molecule has 2 rings (SSSR count). The van der Waals surface area contributed by atoms with Gasteiger partial charge in [0.25, 0.3) is 0 Å². The smallest absolute Gasteiger partial charge is 0.481 e. The van der Waals surface area contributed by atoms with Gasteiger partial charge >= 0.3 is 17.8 Å². The molecule has 7 nitrogen and oxygen atoms in total. The zero-order valence-electron chi connectivity index (χ0n) is 27.0. The third kappa shape index (κ3) is 8.03. The highest BCUT2D eigenvalue weighted by Crippen LogP contribution is 2.54. The van der Waals surface area contributed by atoms with Crippen molar-refractivity contribution in [2.24, 2.45) is 33.0 Å². The molecule has 1 aliphatic rings. The predicted octanol–water partition coefficient (Wildman–Crippen LogP) is 8.70. The summed E-state index contributed by atoms with van der Waals surface area (Å²) in [4.78, 5) is 36.0. The van der Waals surface area contributed by atoms with Gasteiger partial charge in [-0.25, -0.2) is 4.79 Å². The lowest BCUT2D eigenvalue weighted by Crippen LogP contribution is -2.39. The van der Waals surface area contributed by atoms with Crippen molar-refractivity contribution in [3.63, 3.8) is 0 Å². The Morgan fingerprint density at radius 1 is 0.975 bits per heavy atom. The second kappa shape index (κ2) is 12.9. The van der Waals surface area contributed by atoms with Gasteiger partial charge in [-0.05, 0) is 93.3 Å². The summed E-state index contributed by atoms with van der Waals surface area (Å²) in [5.74, 6) is -1.38. The Kier molecular flexibility index (Phi) is 11.0. The highest BCUT2D eigenvalue weighted by atomic mass is 16.6. The zero-order valence-corrected chi connectivity index (χ0v) is 27.0. The number of carboxylic acid groups (broad SMARTS) is 1. The Bertz CT molecular complexity index is 1050. The van der Waals surface area contributed by atoms with Crippen molar-refractivity contribution in [1.82, 2.24) is 0 Å². The molecular formula is C33H56O7. The van der Waals surface area contributed by atoms with Crippen LogP contribution in [-0.2, 0) is 20.9 Å². The van der Waals surface area contributed by atoms with Gasteiger partial charge in [0.05, 0.1) is 11.3 Å². The van der Waals surface area contributed by atoms with E-state index in [2.05, 4.69) is 48.5 Å². The third-order valence-corrected chi connectivity index (χ3v) is 11.2. The molecule has 230 valence electrons. The average Bonchev–Trinajstić information content (AvgIpc) is 3.19. The molecule has 1 aliphatic carbocycles. The summed E-state index contributed by atoms with van der Waals surface area (Å²) in [5, 5.41) is 9.63. The van der Waals surface area contributed by atoms with E-state index in [9.17, 15) is 19.5 Å². The SMILES string of the molecule is CC[C@H](C(=O)OCc1oc(=O)oc1C)C(C)(C)CCCC(C)(C)[C@@](C)(CC)CC[C@]1(C)CC[C@@](C)(C(=O)O)CC1. The van der Waals surface area contributed by atoms with Gasteiger partial charge in [-0.3, -0.25) is 9.59 Å². The number of esters is 1. The van der Waals surface area contributed by atoms with Crippen LogP contribution in [-0.4, -0.2) is 17.0 Å². The molecule has 0 amide bonds. The fourth-order valence-corrected chi connectivity index (χ4v) is 6.68. The number of hydrogen-bond acceptors (Lipinski definition) is 6. The largest absolute Gasteiger partial charge is 0.519 e. The standard InChI is InChI=1S/C33H56O7/c1-11-24(26(34)38-22-25-23(3)39-28(37)40-25)29(4,5)14-13-15-30(6,7)33(10,12-2)21-18-31(8)16-19-32(9,20-17-31)27(35)36/h24H,11-22H2,1-10H3,(H,35,36)/t24-,31-,32-,33+/m1/s1. The number of ether oxygens (including phenoxy) is 1. The second-order valence-electron chi connectivity index (χ2n) is 14.8. The summed E-state index contributed by atoms with van der Waals surface area (Å²) in [6, 6.07) is 0. The highest BCUT2D eigenvalue weighted by Gasteiger charge is 2.45. The second-order valence-corrected chi connectivity index (χ2v) is 14.8. The van der Waals surface area contributed by atoms with Crippen LogP contribution in [0.1, 0.15) is 144 Å². The molecule has 0 aromatic carbocycles. The first-order valence-corrected chi connectivity index (χ1v) is 15.3. The van der Waals surface area contributed by atoms with E-state index in [0.717, 1.165) is 64.2 Å². The number of aryl methyl sites for hydroxylation is 1. The Morgan fingerprint density at radius 2 is 1.57 bits per heavy atom. The number of carbonyl (C=O) groups is 2. The van der Waals surface area contributed by atoms with E-state index in [1.54, 1.807) is 6.92 Å². The average molecular weight is 565 g/mol. The number of carbonyl (C=O) groups excluding carboxylic acids is 1. The lowest BCUT2D eigenvalue weighted by molar-refractivity contribution is -0.155. The lowest BCUT2D eigenvalue weighted by atomic mass is 9.57. The minimum absolute atomic E-state index is 0.0979. The number of carboxylic acids is 1. The van der Waals surface area contributed by atoms with E-state index in [4.69, 9.17) is 13.6 Å². The van der Waals surface area contributed by atoms with E-state index >= 15 is 0 Å². The molecule has 1 N–H and O–H groups in total. The van der Waals surface area contributed by atoms with Crippen LogP contribution >= 0.6 is 0 Å². The van der Waals surface area contributed by atoms with Gasteiger partial charge in [-0.1, -0.05) is 68.2 Å². The summed E-state index contributed by atoms with van der Waals surface area (Å²) in [6.07, 6.45) is 10.5. The van der Waals surface area contributed by atoms with Gasteiger partial charge in [0.1, 0.15) is 0 Å². The molecule has 1 heterocycles. The summed E-state index contributed by atoms with van der Waals surface area (Å²) in [7, 11) is 0. The van der Waals surface area contributed by atoms with Crippen molar-refractivity contribution >= 4 is 11.9 Å². The van der Waals surface area contributed by atoms with Gasteiger partial charge < -0.3 is 18.7 Å². The molecule has 7 heteroatoms. The molecule has 2 atom stereocenters. The van der Waals surface area contributed by atoms with Crippen LogP contribution in [0, 0.1) is 39.9 Å². The molecule has 0 aliphatic heterocycles. The van der Waals surface area contributed by atoms with Crippen LogP contribution in [0.15, 0.2) is 13.6 Å². The summed E-state index contributed by atoms with van der Waals surface area (Å²) < 4.78 is 15.4. The number of hydrogen-bond donors (Lipinski definition) is 1. The van der Waals surface area contributed by atoms with E-state index in [1.165, 1.54) is 0 Å². The minimum atomic E-state index is -0.786. The molecule has 0 radical (unpaired) electrons. The summed E-state index contributed by atoms with van der Waals surface area (Å²) in [6.45, 7) is 21.6. The van der Waals surface area contributed by atoms with Gasteiger partial charge in [0.2, 0.25) is 0 Å². The zero-order chi connectivity index (χ0) is 30.6. The first kappa shape index (κ1) is 34.2. The third-order valence-electron chi connectivity index (χ3n) is 11.2. The highest BCUT2D eigenvalue weighted by molar-refractivity contribution is 5.74. The molecule has 0 saturated heterocycles. The minimum Gasteiger partial charge on any atom is -0.481 e. The van der Waals surface area contributed by atoms with Gasteiger partial charge in [-0.2, -0.15) is 0 Å². The van der Waals surface area contributed by atoms with Crippen molar-refractivity contribution < 1.29 is 28.3 Å². The molecule has 1 aromatic rings. The topological polar surface area (TPSA) is 107 Å². The van der Waals surface area contributed by atoms with Crippen LogP contribution in [0.5, 0.6) is 0 Å². The van der Waals surface area contributed by atoms with Crippen molar-refractivity contribution in [1.29, 1.82) is 0 Å². The molecule has 1 fully saturated rings. The van der Waals surface area contributed by atoms with Crippen LogP contribution in [0.2, 0.25) is 0 Å². The Morgan fingerprint density at radius 3 is 2.05 bits per heavy atom. The maximum absolute atomic E-state index is 13.0. The number of rotatable bonds is 15. The summed E-state index contributed by atoms with van der Waals surface area (Å²) in [5.41, 5.74) is -0.310. The first-order valence-electron chi connectivity index (χ1n) is 15.3. The Hall–Kier alpha value is -2.05. The molecule has 0 spiro atoms. The Balaban J connectivity index is 1.95. The van der Waals surface area contributed by atoms with Crippen LogP contribution in [0.4, 0.5) is 0 Å².